The molecule has 0 aliphatic rings. The highest BCUT2D eigenvalue weighted by Gasteiger charge is 2.10. The summed E-state index contributed by atoms with van der Waals surface area (Å²) in [4.78, 5) is 17.9. The smallest absolute Gasteiger partial charge is 0.257 e. The first-order chi connectivity index (χ1) is 13.7. The molecule has 0 atom stereocenters. The maximum absolute atomic E-state index is 12.0. The number of carbonyl (C=O) groups excluding carboxylic acids is 1. The maximum Gasteiger partial charge on any atom is 0.257 e. The second kappa shape index (κ2) is 9.90. The summed E-state index contributed by atoms with van der Waals surface area (Å²) in [6.07, 6.45) is 1.60. The molecule has 0 unspecified atom stereocenters. The highest BCUT2D eigenvalue weighted by Crippen LogP contribution is 2.25. The zero-order valence-corrected chi connectivity index (χ0v) is 16.9. The van der Waals surface area contributed by atoms with Crippen LogP contribution >= 0.6 is 11.3 Å². The number of amides is 1. The summed E-state index contributed by atoms with van der Waals surface area (Å²) in [6, 6.07) is 17.6. The SMILES string of the molecule is COc1ccccc1OCC(=O)NCCc1nc(C)c(Cc2ccccc2)s1. The fraction of sp³-hybridized carbons (Fsp3) is 0.273. The van der Waals surface area contributed by atoms with Crippen LogP contribution in [-0.4, -0.2) is 31.2 Å². The lowest BCUT2D eigenvalue weighted by Crippen LogP contribution is -2.30. The Labute approximate surface area is 169 Å². The van der Waals surface area contributed by atoms with Crippen LogP contribution in [-0.2, 0) is 17.6 Å². The Bertz CT molecular complexity index is 909. The zero-order chi connectivity index (χ0) is 19.8. The Morgan fingerprint density at radius 1 is 1.07 bits per heavy atom. The standard InChI is InChI=1S/C22H24N2O3S/c1-16-20(14-17-8-4-3-5-9-17)28-22(24-16)12-13-23-21(25)15-27-19-11-7-6-10-18(19)26-2/h3-11H,12-15H2,1-2H3,(H,23,25). The number of aryl methyl sites for hydroxylation is 1. The van der Waals surface area contributed by atoms with Crippen molar-refractivity contribution in [2.75, 3.05) is 20.3 Å². The molecular weight excluding hydrogens is 372 g/mol. The fourth-order valence-electron chi connectivity index (χ4n) is 2.78. The van der Waals surface area contributed by atoms with Crippen molar-refractivity contribution >= 4 is 17.2 Å². The summed E-state index contributed by atoms with van der Waals surface area (Å²) < 4.78 is 10.7. The van der Waals surface area contributed by atoms with E-state index in [1.54, 1.807) is 30.6 Å². The van der Waals surface area contributed by atoms with Gasteiger partial charge >= 0.3 is 0 Å². The van der Waals surface area contributed by atoms with E-state index in [-0.39, 0.29) is 12.5 Å². The average molecular weight is 397 g/mol. The molecule has 0 bridgehead atoms. The Morgan fingerprint density at radius 3 is 2.54 bits per heavy atom. The highest BCUT2D eigenvalue weighted by atomic mass is 32.1. The number of carbonyl (C=O) groups is 1. The molecular formula is C22H24N2O3S. The lowest BCUT2D eigenvalue weighted by atomic mass is 10.1. The number of methoxy groups -OCH3 is 1. The molecule has 3 rings (SSSR count). The van der Waals surface area contributed by atoms with Gasteiger partial charge in [-0.3, -0.25) is 4.79 Å². The average Bonchev–Trinajstić information content (AvgIpc) is 3.06. The number of para-hydroxylation sites is 2. The molecule has 1 heterocycles. The third kappa shape index (κ3) is 5.57. The number of thiazole rings is 1. The van der Waals surface area contributed by atoms with Gasteiger partial charge in [-0.25, -0.2) is 4.98 Å². The quantitative estimate of drug-likeness (QED) is 0.598. The van der Waals surface area contributed by atoms with E-state index in [9.17, 15) is 4.79 Å². The first kappa shape index (κ1) is 19.9. The van der Waals surface area contributed by atoms with Gasteiger partial charge in [0.15, 0.2) is 18.1 Å². The van der Waals surface area contributed by atoms with Gasteiger partial charge in [-0.2, -0.15) is 0 Å². The molecule has 0 radical (unpaired) electrons. The molecule has 0 saturated carbocycles. The predicted molar refractivity (Wildman–Crippen MR) is 111 cm³/mol. The largest absolute Gasteiger partial charge is 0.493 e. The third-order valence-corrected chi connectivity index (χ3v) is 5.45. The van der Waals surface area contributed by atoms with Crippen molar-refractivity contribution in [3.8, 4) is 11.5 Å². The molecule has 3 aromatic rings. The van der Waals surface area contributed by atoms with E-state index in [1.807, 2.05) is 25.1 Å². The fourth-order valence-corrected chi connectivity index (χ4v) is 3.89. The Morgan fingerprint density at radius 2 is 1.79 bits per heavy atom. The van der Waals surface area contributed by atoms with Gasteiger partial charge in [0.1, 0.15) is 0 Å². The van der Waals surface area contributed by atoms with E-state index in [2.05, 4.69) is 34.6 Å². The van der Waals surface area contributed by atoms with Crippen LogP contribution in [0.3, 0.4) is 0 Å². The highest BCUT2D eigenvalue weighted by molar-refractivity contribution is 7.11. The third-order valence-electron chi connectivity index (χ3n) is 4.23. The van der Waals surface area contributed by atoms with Crippen molar-refractivity contribution in [3.63, 3.8) is 0 Å². The van der Waals surface area contributed by atoms with Crippen LogP contribution in [0, 0.1) is 6.92 Å². The van der Waals surface area contributed by atoms with Crippen molar-refractivity contribution in [2.45, 2.75) is 19.8 Å². The second-order valence-electron chi connectivity index (χ2n) is 6.32. The van der Waals surface area contributed by atoms with Crippen molar-refractivity contribution in [1.82, 2.24) is 10.3 Å². The number of hydrogen-bond acceptors (Lipinski definition) is 5. The van der Waals surface area contributed by atoms with Crippen LogP contribution < -0.4 is 14.8 Å². The summed E-state index contributed by atoms with van der Waals surface area (Å²) in [5, 5.41) is 3.92. The van der Waals surface area contributed by atoms with Crippen LogP contribution in [0.1, 0.15) is 21.1 Å². The normalized spacial score (nSPS) is 10.5. The molecule has 146 valence electrons. The van der Waals surface area contributed by atoms with Crippen LogP contribution in [0.15, 0.2) is 54.6 Å². The van der Waals surface area contributed by atoms with E-state index < -0.39 is 0 Å². The molecule has 0 saturated heterocycles. The van der Waals surface area contributed by atoms with Gasteiger partial charge in [0.2, 0.25) is 0 Å². The summed E-state index contributed by atoms with van der Waals surface area (Å²) in [5.41, 5.74) is 2.34. The topological polar surface area (TPSA) is 60.5 Å². The molecule has 1 aromatic heterocycles. The van der Waals surface area contributed by atoms with Crippen molar-refractivity contribution in [3.05, 3.63) is 75.7 Å². The van der Waals surface area contributed by atoms with E-state index in [1.165, 1.54) is 10.4 Å². The lowest BCUT2D eigenvalue weighted by molar-refractivity contribution is -0.123. The number of aromatic nitrogens is 1. The van der Waals surface area contributed by atoms with E-state index in [4.69, 9.17) is 9.47 Å². The molecule has 5 nitrogen and oxygen atoms in total. The van der Waals surface area contributed by atoms with Crippen molar-refractivity contribution in [2.24, 2.45) is 0 Å². The van der Waals surface area contributed by atoms with Gasteiger partial charge in [-0.05, 0) is 24.6 Å². The summed E-state index contributed by atoms with van der Waals surface area (Å²) in [5.74, 6) is 1.00. The van der Waals surface area contributed by atoms with Gasteiger partial charge in [-0.1, -0.05) is 42.5 Å². The summed E-state index contributed by atoms with van der Waals surface area (Å²) in [7, 11) is 1.57. The van der Waals surface area contributed by atoms with Crippen LogP contribution in [0.5, 0.6) is 11.5 Å². The Kier molecular flexibility index (Phi) is 7.03. The number of benzene rings is 2. The first-order valence-electron chi connectivity index (χ1n) is 9.17. The van der Waals surface area contributed by atoms with E-state index >= 15 is 0 Å². The molecule has 6 heteroatoms. The molecule has 0 aliphatic heterocycles. The Hall–Kier alpha value is -2.86. The number of nitrogens with zero attached hydrogens (tertiary/aromatic N) is 1. The lowest BCUT2D eigenvalue weighted by Gasteiger charge is -2.10. The number of hydrogen-bond donors (Lipinski definition) is 1. The molecule has 0 aliphatic carbocycles. The maximum atomic E-state index is 12.0. The van der Waals surface area contributed by atoms with Gasteiger partial charge in [0, 0.05) is 24.3 Å². The number of ether oxygens (including phenoxy) is 2. The molecule has 1 amide bonds. The van der Waals surface area contributed by atoms with Gasteiger partial charge in [0.25, 0.3) is 5.91 Å². The zero-order valence-electron chi connectivity index (χ0n) is 16.1. The summed E-state index contributed by atoms with van der Waals surface area (Å²) >= 11 is 1.71. The molecule has 2 aromatic carbocycles. The summed E-state index contributed by atoms with van der Waals surface area (Å²) in [6.45, 7) is 2.53. The molecule has 0 fully saturated rings. The van der Waals surface area contributed by atoms with Crippen molar-refractivity contribution < 1.29 is 14.3 Å². The Balaban J connectivity index is 1.44. The minimum Gasteiger partial charge on any atom is -0.493 e. The number of rotatable bonds is 9. The molecule has 28 heavy (non-hydrogen) atoms. The first-order valence-corrected chi connectivity index (χ1v) is 9.99. The van der Waals surface area contributed by atoms with E-state index in [0.29, 0.717) is 24.5 Å². The van der Waals surface area contributed by atoms with Crippen LogP contribution in [0.2, 0.25) is 0 Å². The predicted octanol–water partition coefficient (Wildman–Crippen LogP) is 3.79. The van der Waals surface area contributed by atoms with E-state index in [0.717, 1.165) is 17.1 Å². The van der Waals surface area contributed by atoms with Gasteiger partial charge in [-0.15, -0.1) is 11.3 Å². The minimum absolute atomic E-state index is 0.0451. The van der Waals surface area contributed by atoms with Gasteiger partial charge < -0.3 is 14.8 Å². The van der Waals surface area contributed by atoms with Gasteiger partial charge in [0.05, 0.1) is 17.8 Å². The monoisotopic (exact) mass is 396 g/mol. The minimum atomic E-state index is -0.163. The molecule has 1 N–H and O–H groups in total. The van der Waals surface area contributed by atoms with Crippen LogP contribution in [0.25, 0.3) is 0 Å². The number of nitrogens with one attached hydrogen (secondary N) is 1. The van der Waals surface area contributed by atoms with Crippen LogP contribution in [0.4, 0.5) is 0 Å². The van der Waals surface area contributed by atoms with Crippen molar-refractivity contribution in [1.29, 1.82) is 0 Å². The second-order valence-corrected chi connectivity index (χ2v) is 7.49. The molecule has 0 spiro atoms.